The van der Waals surface area contributed by atoms with Gasteiger partial charge in [-0.15, -0.1) is 0 Å². The van der Waals surface area contributed by atoms with Crippen LogP contribution in [0.3, 0.4) is 0 Å². The highest BCUT2D eigenvalue weighted by Crippen LogP contribution is 2.57. The minimum atomic E-state index is -0.0188. The van der Waals surface area contributed by atoms with E-state index >= 15 is 0 Å². The zero-order valence-electron chi connectivity index (χ0n) is 45.4. The summed E-state index contributed by atoms with van der Waals surface area (Å²) in [5.74, 6) is 0. The first-order chi connectivity index (χ1) is 33.4. The largest absolute Gasteiger partial charge is 0.311 e. The molecule has 7 aromatic rings. The molecule has 3 aliphatic carbocycles. The van der Waals surface area contributed by atoms with Gasteiger partial charge in [0.25, 0.3) is 6.71 Å². The number of anilines is 9. The van der Waals surface area contributed by atoms with E-state index in [4.69, 9.17) is 0 Å². The van der Waals surface area contributed by atoms with E-state index in [1.54, 1.807) is 0 Å². The summed E-state index contributed by atoms with van der Waals surface area (Å²) in [5.41, 5.74) is 28.8. The van der Waals surface area contributed by atoms with E-state index in [2.05, 4.69) is 246 Å². The predicted molar refractivity (Wildman–Crippen MR) is 306 cm³/mol. The van der Waals surface area contributed by atoms with Crippen LogP contribution in [-0.4, -0.2) is 6.71 Å². The summed E-state index contributed by atoms with van der Waals surface area (Å²) in [6, 6.07) is 49.8. The van der Waals surface area contributed by atoms with Crippen molar-refractivity contribution in [1.29, 1.82) is 0 Å². The van der Waals surface area contributed by atoms with Crippen LogP contribution in [0.25, 0.3) is 0 Å². The molecule has 0 atom stereocenters. The van der Waals surface area contributed by atoms with Crippen LogP contribution in [0.15, 0.2) is 127 Å². The van der Waals surface area contributed by atoms with E-state index in [1.807, 2.05) is 0 Å². The van der Waals surface area contributed by atoms with Crippen molar-refractivity contribution in [2.75, 3.05) is 14.7 Å². The minimum Gasteiger partial charge on any atom is -0.311 e. The Morgan fingerprint density at radius 1 is 0.394 bits per heavy atom. The van der Waals surface area contributed by atoms with Crippen molar-refractivity contribution in [3.63, 3.8) is 0 Å². The minimum absolute atomic E-state index is 0.0188. The summed E-state index contributed by atoms with van der Waals surface area (Å²) >= 11 is 0. The van der Waals surface area contributed by atoms with E-state index in [0.29, 0.717) is 0 Å². The number of hydrogen-bond acceptors (Lipinski definition) is 3. The Morgan fingerprint density at radius 3 is 1.45 bits per heavy atom. The lowest BCUT2D eigenvalue weighted by Crippen LogP contribution is -2.61. The highest BCUT2D eigenvalue weighted by Gasteiger charge is 2.50. The molecule has 360 valence electrons. The van der Waals surface area contributed by atoms with Gasteiger partial charge in [0.15, 0.2) is 0 Å². The number of nitrogens with zero attached hydrogens (tertiary/aromatic N) is 3. The highest BCUT2D eigenvalue weighted by atomic mass is 15.2. The molecule has 4 heteroatoms. The van der Waals surface area contributed by atoms with Gasteiger partial charge in [0.1, 0.15) is 0 Å². The maximum absolute atomic E-state index is 2.73. The number of fused-ring (bicyclic) bond motifs is 7. The van der Waals surface area contributed by atoms with E-state index < -0.39 is 0 Å². The van der Waals surface area contributed by atoms with Crippen LogP contribution in [0.5, 0.6) is 0 Å². The van der Waals surface area contributed by atoms with Gasteiger partial charge in [0.05, 0.1) is 0 Å². The molecular formula is C67H74BN3. The number of para-hydroxylation sites is 2. The Labute approximate surface area is 426 Å². The molecule has 2 aliphatic heterocycles. The molecule has 0 fully saturated rings. The molecule has 0 amide bonds. The van der Waals surface area contributed by atoms with Gasteiger partial charge >= 0.3 is 0 Å². The summed E-state index contributed by atoms with van der Waals surface area (Å²) in [6.45, 7) is 36.8. The number of aryl methyl sites for hydroxylation is 2. The fraction of sp³-hybridized carbons (Fsp3) is 0.373. The zero-order chi connectivity index (χ0) is 50.1. The van der Waals surface area contributed by atoms with Crippen molar-refractivity contribution >= 4 is 74.3 Å². The van der Waals surface area contributed by atoms with Crippen molar-refractivity contribution in [3.8, 4) is 0 Å². The molecule has 0 radical (unpaired) electrons. The van der Waals surface area contributed by atoms with Gasteiger partial charge < -0.3 is 14.7 Å². The second-order valence-corrected chi connectivity index (χ2v) is 26.5. The van der Waals surface area contributed by atoms with Crippen molar-refractivity contribution < 1.29 is 0 Å². The smallest absolute Gasteiger partial charge is 0.252 e. The van der Waals surface area contributed by atoms with Crippen LogP contribution in [0.1, 0.15) is 159 Å². The highest BCUT2D eigenvalue weighted by molar-refractivity contribution is 7.00. The van der Waals surface area contributed by atoms with Gasteiger partial charge in [-0.2, -0.15) is 0 Å². The quantitative estimate of drug-likeness (QED) is 0.159. The predicted octanol–water partition coefficient (Wildman–Crippen LogP) is 16.4. The van der Waals surface area contributed by atoms with Crippen molar-refractivity contribution in [3.05, 3.63) is 177 Å². The normalized spacial score (nSPS) is 19.6. The molecule has 0 N–H and O–H groups in total. The summed E-state index contributed by atoms with van der Waals surface area (Å²) < 4.78 is 0. The molecule has 2 heterocycles. The van der Waals surface area contributed by atoms with Crippen molar-refractivity contribution in [2.24, 2.45) is 0 Å². The molecule has 0 saturated heterocycles. The van der Waals surface area contributed by atoms with Gasteiger partial charge in [-0.25, -0.2) is 0 Å². The van der Waals surface area contributed by atoms with Crippen molar-refractivity contribution in [1.82, 2.24) is 0 Å². The molecule has 0 saturated carbocycles. The Kier molecular flexibility index (Phi) is 9.76. The molecule has 71 heavy (non-hydrogen) atoms. The molecular weight excluding hydrogens is 858 g/mol. The van der Waals surface area contributed by atoms with E-state index in [0.717, 1.165) is 29.9 Å². The second kappa shape index (κ2) is 15.0. The fourth-order valence-corrected chi connectivity index (χ4v) is 15.5. The third-order valence-corrected chi connectivity index (χ3v) is 18.3. The van der Waals surface area contributed by atoms with Gasteiger partial charge in [0, 0.05) is 51.2 Å². The van der Waals surface area contributed by atoms with Gasteiger partial charge in [-0.05, 0) is 218 Å². The third kappa shape index (κ3) is 6.74. The molecule has 0 spiro atoms. The van der Waals surface area contributed by atoms with Crippen LogP contribution in [0.2, 0.25) is 0 Å². The van der Waals surface area contributed by atoms with Crippen LogP contribution in [-0.2, 0) is 32.5 Å². The second-order valence-electron chi connectivity index (χ2n) is 26.5. The van der Waals surface area contributed by atoms with Crippen molar-refractivity contribution in [2.45, 2.75) is 162 Å². The Morgan fingerprint density at radius 2 is 0.873 bits per heavy atom. The molecule has 3 nitrogen and oxygen atoms in total. The molecule has 0 aromatic heterocycles. The maximum Gasteiger partial charge on any atom is 0.252 e. The lowest BCUT2D eigenvalue weighted by atomic mass is 9.33. The summed E-state index contributed by atoms with van der Waals surface area (Å²) in [7, 11) is 0. The standard InChI is InChI=1S/C67H74BN3/c1-41-32-58-61-59(33-41)71(56-37-50-48(34-42(56)2)64(8,9)39-66(50,12)13)57-38-51-49(65(10,11)40-67(51,14)15)36-53(57)68(61)52-35-46(69(44-22-18-16-19-23-44)45-24-20-17-21-25-45)26-28-55(52)70(58)54-29-27-47-60(43(54)3)63(6,7)31-30-62(47,4)5/h16-29,32-38H,30-31,39-40H2,1-15H3. The SMILES string of the molecule is Cc1cc2c3c(c1)N(c1ccc4c(c1C)C(C)(C)CCC4(C)C)c1ccc(N(c4ccccc4)c4ccccc4)cc1B3c1cc3c(cc1N2c1cc2c(cc1C)C(C)(C)CC2(C)C)C(C)(C)CC3(C)C. The van der Waals surface area contributed by atoms with Gasteiger partial charge in [-0.1, -0.05) is 138 Å². The molecule has 0 bridgehead atoms. The van der Waals surface area contributed by atoms with Crippen LogP contribution < -0.4 is 31.1 Å². The molecule has 12 rings (SSSR count). The van der Waals surface area contributed by atoms with Gasteiger partial charge in [0.2, 0.25) is 0 Å². The average Bonchev–Trinajstić information content (AvgIpc) is 3.61. The average molecular weight is 932 g/mol. The first kappa shape index (κ1) is 46.1. The number of rotatable bonds is 5. The van der Waals surface area contributed by atoms with E-state index in [-0.39, 0.29) is 39.2 Å². The van der Waals surface area contributed by atoms with Gasteiger partial charge in [-0.3, -0.25) is 0 Å². The summed E-state index contributed by atoms with van der Waals surface area (Å²) in [6.07, 6.45) is 4.62. The summed E-state index contributed by atoms with van der Waals surface area (Å²) in [5, 5.41) is 0. The lowest BCUT2D eigenvalue weighted by Gasteiger charge is -2.47. The third-order valence-electron chi connectivity index (χ3n) is 18.3. The van der Waals surface area contributed by atoms with Crippen LogP contribution in [0, 0.1) is 20.8 Å². The fourth-order valence-electron chi connectivity index (χ4n) is 15.5. The first-order valence-electron chi connectivity index (χ1n) is 26.7. The molecule has 0 unspecified atom stereocenters. The molecule has 7 aromatic carbocycles. The summed E-state index contributed by atoms with van der Waals surface area (Å²) in [4.78, 5) is 7.87. The Hall–Kier alpha value is -6.00. The lowest BCUT2D eigenvalue weighted by molar-refractivity contribution is 0.330. The monoisotopic (exact) mass is 932 g/mol. The zero-order valence-corrected chi connectivity index (χ0v) is 45.4. The molecule has 5 aliphatic rings. The Balaban J connectivity index is 1.21. The van der Waals surface area contributed by atoms with Crippen LogP contribution >= 0.6 is 0 Å². The maximum atomic E-state index is 2.73. The first-order valence-corrected chi connectivity index (χ1v) is 26.7. The number of benzene rings is 7. The Bertz CT molecular complexity index is 3330. The number of hydrogen-bond donors (Lipinski definition) is 0. The van der Waals surface area contributed by atoms with Crippen LogP contribution in [0.4, 0.5) is 51.2 Å². The van der Waals surface area contributed by atoms with E-state index in [1.165, 1.54) is 113 Å². The van der Waals surface area contributed by atoms with E-state index in [9.17, 15) is 0 Å². The topological polar surface area (TPSA) is 9.72 Å².